The number of hydrogen-bond donors (Lipinski definition) is 1. The zero-order chi connectivity index (χ0) is 34.3. The minimum atomic E-state index is 0.847. The van der Waals surface area contributed by atoms with Gasteiger partial charge in [0.05, 0.1) is 13.2 Å². The highest BCUT2D eigenvalue weighted by Gasteiger charge is 2.10. The van der Waals surface area contributed by atoms with Crippen LogP contribution in [0.2, 0.25) is 0 Å². The van der Waals surface area contributed by atoms with Crippen molar-refractivity contribution in [2.24, 2.45) is 0 Å². The Bertz CT molecular complexity index is 745. The summed E-state index contributed by atoms with van der Waals surface area (Å²) in [6.07, 6.45) is 44.6. The maximum absolute atomic E-state index is 6.08. The van der Waals surface area contributed by atoms with Crippen LogP contribution >= 0.6 is 0 Å². The molecule has 48 heavy (non-hydrogen) atoms. The number of allylic oxidation sites excluding steroid dienone is 4. The molecular weight excluding hydrogens is 587 g/mol. The minimum Gasteiger partial charge on any atom is -0.376 e. The Morgan fingerprint density at radius 3 is 1.17 bits per heavy atom. The molecule has 1 aromatic carbocycles. The van der Waals surface area contributed by atoms with Crippen molar-refractivity contribution < 1.29 is 14.4 Å². The summed E-state index contributed by atoms with van der Waals surface area (Å²) in [5, 5.41) is 0. The lowest BCUT2D eigenvalue weighted by Gasteiger charge is -2.20. The van der Waals surface area contributed by atoms with Gasteiger partial charge in [0, 0.05) is 18.8 Å². The van der Waals surface area contributed by atoms with Crippen molar-refractivity contribution in [3.05, 3.63) is 60.2 Å². The fourth-order valence-electron chi connectivity index (χ4n) is 6.37. The lowest BCUT2D eigenvalue weighted by atomic mass is 10.1. The Hall–Kier alpha value is -1.42. The molecule has 1 aromatic rings. The molecule has 0 aliphatic heterocycles. The smallest absolute Gasteiger partial charge is 0.103 e. The minimum absolute atomic E-state index is 0.847. The SMILES string of the molecule is CCCCCCCC/C=C\CCCCCCCOCC[NH+](CCOCCCCCCC/C=C\CCCCCCCC)Cc1ccccc1. The summed E-state index contributed by atoms with van der Waals surface area (Å²) < 4.78 is 12.2. The molecule has 3 heteroatoms. The van der Waals surface area contributed by atoms with Gasteiger partial charge < -0.3 is 14.4 Å². The van der Waals surface area contributed by atoms with Gasteiger partial charge in [-0.3, -0.25) is 0 Å². The number of unbranched alkanes of at least 4 members (excludes halogenated alkanes) is 22. The normalized spacial score (nSPS) is 12.0. The second-order valence-corrected chi connectivity index (χ2v) is 14.3. The number of nitrogens with one attached hydrogen (secondary N) is 1. The van der Waals surface area contributed by atoms with E-state index in [9.17, 15) is 0 Å². The lowest BCUT2D eigenvalue weighted by Crippen LogP contribution is -3.11. The van der Waals surface area contributed by atoms with E-state index >= 15 is 0 Å². The molecule has 278 valence electrons. The highest BCUT2D eigenvalue weighted by atomic mass is 16.5. The third-order valence-corrected chi connectivity index (χ3v) is 9.60. The van der Waals surface area contributed by atoms with Crippen LogP contribution in [0.4, 0.5) is 0 Å². The van der Waals surface area contributed by atoms with Gasteiger partial charge in [0.2, 0.25) is 0 Å². The van der Waals surface area contributed by atoms with E-state index in [0.717, 1.165) is 46.1 Å². The topological polar surface area (TPSA) is 22.9 Å². The van der Waals surface area contributed by atoms with Gasteiger partial charge in [-0.05, 0) is 64.2 Å². The Kier molecular flexibility index (Phi) is 35.7. The van der Waals surface area contributed by atoms with Crippen LogP contribution in [0.3, 0.4) is 0 Å². The van der Waals surface area contributed by atoms with E-state index in [1.54, 1.807) is 4.90 Å². The summed E-state index contributed by atoms with van der Waals surface area (Å²) in [6, 6.07) is 10.9. The first kappa shape index (κ1) is 44.6. The van der Waals surface area contributed by atoms with Gasteiger partial charge in [0.15, 0.2) is 0 Å². The summed E-state index contributed by atoms with van der Waals surface area (Å²) in [5.74, 6) is 0. The number of rotatable bonds is 38. The van der Waals surface area contributed by atoms with Crippen molar-refractivity contribution in [1.29, 1.82) is 0 Å². The second-order valence-electron chi connectivity index (χ2n) is 14.3. The third kappa shape index (κ3) is 33.1. The molecule has 0 saturated carbocycles. The molecule has 0 saturated heterocycles. The quantitative estimate of drug-likeness (QED) is 0.0560. The number of quaternary nitrogens is 1. The van der Waals surface area contributed by atoms with Gasteiger partial charge in [0.25, 0.3) is 0 Å². The molecule has 0 aliphatic carbocycles. The van der Waals surface area contributed by atoms with Crippen LogP contribution in [0.25, 0.3) is 0 Å². The largest absolute Gasteiger partial charge is 0.376 e. The van der Waals surface area contributed by atoms with Crippen molar-refractivity contribution in [1.82, 2.24) is 0 Å². The molecule has 1 N–H and O–H groups in total. The first-order valence-electron chi connectivity index (χ1n) is 21.2. The van der Waals surface area contributed by atoms with Gasteiger partial charge in [-0.25, -0.2) is 0 Å². The molecule has 0 heterocycles. The average Bonchev–Trinajstić information content (AvgIpc) is 3.10. The lowest BCUT2D eigenvalue weighted by molar-refractivity contribution is -0.914. The monoisotopic (exact) mass is 669 g/mol. The van der Waals surface area contributed by atoms with E-state index in [1.165, 1.54) is 173 Å². The van der Waals surface area contributed by atoms with Crippen molar-refractivity contribution in [3.63, 3.8) is 0 Å². The van der Waals surface area contributed by atoms with Crippen LogP contribution in [0.1, 0.15) is 186 Å². The van der Waals surface area contributed by atoms with E-state index in [2.05, 4.69) is 68.5 Å². The Balaban J connectivity index is 1.99. The molecule has 0 unspecified atom stereocenters. The van der Waals surface area contributed by atoms with Crippen molar-refractivity contribution in [2.45, 2.75) is 187 Å². The van der Waals surface area contributed by atoms with E-state index in [1.807, 2.05) is 0 Å². The van der Waals surface area contributed by atoms with Crippen LogP contribution in [0, 0.1) is 0 Å². The molecule has 0 amide bonds. The zero-order valence-corrected chi connectivity index (χ0v) is 32.3. The molecule has 0 spiro atoms. The maximum atomic E-state index is 6.08. The fourth-order valence-corrected chi connectivity index (χ4v) is 6.37. The number of hydrogen-bond acceptors (Lipinski definition) is 2. The van der Waals surface area contributed by atoms with Gasteiger partial charge >= 0.3 is 0 Å². The first-order chi connectivity index (χ1) is 23.9. The van der Waals surface area contributed by atoms with Crippen LogP contribution < -0.4 is 4.90 Å². The van der Waals surface area contributed by atoms with Crippen LogP contribution in [-0.2, 0) is 16.0 Å². The summed E-state index contributed by atoms with van der Waals surface area (Å²) in [4.78, 5) is 1.57. The van der Waals surface area contributed by atoms with E-state index in [-0.39, 0.29) is 0 Å². The van der Waals surface area contributed by atoms with E-state index in [4.69, 9.17) is 9.47 Å². The molecule has 0 fully saturated rings. The first-order valence-corrected chi connectivity index (χ1v) is 21.2. The van der Waals surface area contributed by atoms with Crippen molar-refractivity contribution in [3.8, 4) is 0 Å². The summed E-state index contributed by atoms with van der Waals surface area (Å²) in [5.41, 5.74) is 1.40. The highest BCUT2D eigenvalue weighted by Crippen LogP contribution is 2.11. The molecule has 0 aliphatic rings. The Morgan fingerprint density at radius 2 is 0.771 bits per heavy atom. The van der Waals surface area contributed by atoms with E-state index in [0.29, 0.717) is 0 Å². The standard InChI is InChI=1S/C45H81NO2/c1-3-5-7-9-11-13-15-17-19-21-23-25-27-29-34-40-47-42-38-46(44-45-36-32-31-33-37-45)39-43-48-41-35-30-28-26-24-22-20-18-16-14-12-10-8-6-4-2/h17-20,31-33,36-37H,3-16,21-30,34-35,38-44H2,1-2H3/p+1/b19-17-,20-18-. The van der Waals surface area contributed by atoms with Crippen LogP contribution in [0.5, 0.6) is 0 Å². The Labute approximate surface area is 300 Å². The summed E-state index contributed by atoms with van der Waals surface area (Å²) >= 11 is 0. The molecule has 1 rings (SSSR count). The van der Waals surface area contributed by atoms with Gasteiger partial charge in [-0.1, -0.05) is 171 Å². The number of benzene rings is 1. The van der Waals surface area contributed by atoms with Crippen LogP contribution in [-0.4, -0.2) is 39.5 Å². The molecule has 0 aromatic heterocycles. The fraction of sp³-hybridized carbons (Fsp3) is 0.778. The molecule has 0 atom stereocenters. The molecular formula is C45H82NO2+. The van der Waals surface area contributed by atoms with Gasteiger partial charge in [-0.15, -0.1) is 0 Å². The zero-order valence-electron chi connectivity index (χ0n) is 32.3. The highest BCUT2D eigenvalue weighted by molar-refractivity contribution is 5.13. The Morgan fingerprint density at radius 1 is 0.417 bits per heavy atom. The van der Waals surface area contributed by atoms with Gasteiger partial charge in [-0.2, -0.15) is 0 Å². The van der Waals surface area contributed by atoms with Crippen LogP contribution in [0.15, 0.2) is 54.6 Å². The van der Waals surface area contributed by atoms with E-state index < -0.39 is 0 Å². The second kappa shape index (κ2) is 38.4. The maximum Gasteiger partial charge on any atom is 0.103 e. The summed E-state index contributed by atoms with van der Waals surface area (Å²) in [6.45, 7) is 11.2. The predicted molar refractivity (Wildman–Crippen MR) is 212 cm³/mol. The molecule has 0 radical (unpaired) electrons. The number of ether oxygens (including phenoxy) is 2. The summed E-state index contributed by atoms with van der Waals surface area (Å²) in [7, 11) is 0. The average molecular weight is 669 g/mol. The molecule has 3 nitrogen and oxygen atoms in total. The molecule has 0 bridgehead atoms. The van der Waals surface area contributed by atoms with Crippen molar-refractivity contribution in [2.75, 3.05) is 39.5 Å². The third-order valence-electron chi connectivity index (χ3n) is 9.60. The van der Waals surface area contributed by atoms with Crippen molar-refractivity contribution >= 4 is 0 Å². The predicted octanol–water partition coefficient (Wildman–Crippen LogP) is 12.4. The van der Waals surface area contributed by atoms with Gasteiger partial charge in [0.1, 0.15) is 19.6 Å².